The molecule has 0 bridgehead atoms. The second kappa shape index (κ2) is 6.49. The number of fused-ring (bicyclic) bond motifs is 1. The highest BCUT2D eigenvalue weighted by atomic mass is 16.5. The van der Waals surface area contributed by atoms with E-state index in [-0.39, 0.29) is 0 Å². The van der Waals surface area contributed by atoms with Gasteiger partial charge in [-0.15, -0.1) is 0 Å². The van der Waals surface area contributed by atoms with Crippen LogP contribution in [0.4, 0.5) is 23.1 Å². The standard InChI is InChI=1S/C19H21N5O2/c1-2-14(12-15(3-1)24-7-10-25-11-8-24)21-19-22-16-6-9-26-17(16)18(23-19)20-13-4-5-13/h1-3,6,9,12-13H,4-5,7-8,10-11H2,(H2,20,21,22,23). The first kappa shape index (κ1) is 15.5. The van der Waals surface area contributed by atoms with Crippen LogP contribution >= 0.6 is 0 Å². The van der Waals surface area contributed by atoms with Crippen molar-refractivity contribution in [2.45, 2.75) is 18.9 Å². The van der Waals surface area contributed by atoms with Gasteiger partial charge in [-0.3, -0.25) is 0 Å². The van der Waals surface area contributed by atoms with Gasteiger partial charge in [0.15, 0.2) is 11.4 Å². The van der Waals surface area contributed by atoms with E-state index in [1.54, 1.807) is 6.26 Å². The number of benzene rings is 1. The minimum atomic E-state index is 0.496. The number of nitrogens with one attached hydrogen (secondary N) is 2. The third-order valence-electron chi connectivity index (χ3n) is 4.70. The largest absolute Gasteiger partial charge is 0.459 e. The lowest BCUT2D eigenvalue weighted by Gasteiger charge is -2.29. The van der Waals surface area contributed by atoms with Crippen LogP contribution in [-0.2, 0) is 4.74 Å². The van der Waals surface area contributed by atoms with E-state index in [4.69, 9.17) is 9.15 Å². The highest BCUT2D eigenvalue weighted by Crippen LogP contribution is 2.30. The van der Waals surface area contributed by atoms with Gasteiger partial charge in [-0.2, -0.15) is 4.98 Å². The number of anilines is 4. The van der Waals surface area contributed by atoms with E-state index in [0.717, 1.165) is 43.3 Å². The summed E-state index contributed by atoms with van der Waals surface area (Å²) >= 11 is 0. The molecule has 1 aliphatic heterocycles. The molecule has 0 spiro atoms. The van der Waals surface area contributed by atoms with Crippen LogP contribution in [0.1, 0.15) is 12.8 Å². The van der Waals surface area contributed by atoms with E-state index in [1.165, 1.54) is 18.5 Å². The summed E-state index contributed by atoms with van der Waals surface area (Å²) in [5.41, 5.74) is 3.66. The lowest BCUT2D eigenvalue weighted by molar-refractivity contribution is 0.122. The molecule has 7 nitrogen and oxygen atoms in total. The Morgan fingerprint density at radius 3 is 2.81 bits per heavy atom. The molecule has 0 radical (unpaired) electrons. The summed E-state index contributed by atoms with van der Waals surface area (Å²) < 4.78 is 11.0. The molecule has 0 atom stereocenters. The van der Waals surface area contributed by atoms with Crippen molar-refractivity contribution in [3.8, 4) is 0 Å². The van der Waals surface area contributed by atoms with Crippen LogP contribution in [0.15, 0.2) is 41.0 Å². The third kappa shape index (κ3) is 3.17. The van der Waals surface area contributed by atoms with E-state index in [0.29, 0.717) is 17.6 Å². The smallest absolute Gasteiger partial charge is 0.229 e. The van der Waals surface area contributed by atoms with Crippen molar-refractivity contribution in [2.24, 2.45) is 0 Å². The number of aromatic nitrogens is 2. The molecule has 7 heteroatoms. The first-order valence-electron chi connectivity index (χ1n) is 9.07. The summed E-state index contributed by atoms with van der Waals surface area (Å²) in [6.07, 6.45) is 4.01. The average Bonchev–Trinajstić information content (AvgIpc) is 3.36. The van der Waals surface area contributed by atoms with Gasteiger partial charge < -0.3 is 24.7 Å². The number of hydrogen-bond acceptors (Lipinski definition) is 7. The summed E-state index contributed by atoms with van der Waals surface area (Å²) in [6.45, 7) is 3.37. The Labute approximate surface area is 151 Å². The number of morpholine rings is 1. The van der Waals surface area contributed by atoms with Gasteiger partial charge in [0.1, 0.15) is 5.52 Å². The molecule has 1 aromatic carbocycles. The van der Waals surface area contributed by atoms with Crippen molar-refractivity contribution in [3.63, 3.8) is 0 Å². The topological polar surface area (TPSA) is 75.5 Å². The molecule has 0 unspecified atom stereocenters. The van der Waals surface area contributed by atoms with Gasteiger partial charge in [0, 0.05) is 36.6 Å². The zero-order chi connectivity index (χ0) is 17.3. The van der Waals surface area contributed by atoms with Crippen molar-refractivity contribution >= 4 is 34.2 Å². The number of nitrogens with zero attached hydrogens (tertiary/aromatic N) is 3. The Balaban J connectivity index is 1.41. The maximum absolute atomic E-state index is 5.55. The minimum Gasteiger partial charge on any atom is -0.459 e. The molecule has 3 aromatic rings. The molecule has 1 saturated carbocycles. The molecule has 2 N–H and O–H groups in total. The first-order chi connectivity index (χ1) is 12.8. The van der Waals surface area contributed by atoms with Gasteiger partial charge in [0.2, 0.25) is 5.95 Å². The Morgan fingerprint density at radius 1 is 1.08 bits per heavy atom. The lowest BCUT2D eigenvalue weighted by Crippen LogP contribution is -2.36. The highest BCUT2D eigenvalue weighted by Gasteiger charge is 2.23. The Morgan fingerprint density at radius 2 is 1.96 bits per heavy atom. The van der Waals surface area contributed by atoms with Gasteiger partial charge in [0.05, 0.1) is 19.5 Å². The molecule has 134 valence electrons. The van der Waals surface area contributed by atoms with Crippen LogP contribution < -0.4 is 15.5 Å². The van der Waals surface area contributed by atoms with Crippen LogP contribution in [0.3, 0.4) is 0 Å². The molecule has 1 aliphatic carbocycles. The predicted octanol–water partition coefficient (Wildman–Crippen LogP) is 3.38. The molecule has 5 rings (SSSR count). The number of ether oxygens (including phenoxy) is 1. The highest BCUT2D eigenvalue weighted by molar-refractivity contribution is 5.85. The maximum atomic E-state index is 5.55. The molecule has 2 aromatic heterocycles. The van der Waals surface area contributed by atoms with Crippen molar-refractivity contribution in [1.29, 1.82) is 0 Å². The molecule has 0 amide bonds. The number of rotatable bonds is 5. The van der Waals surface area contributed by atoms with Crippen LogP contribution in [0.2, 0.25) is 0 Å². The van der Waals surface area contributed by atoms with Crippen molar-refractivity contribution in [3.05, 3.63) is 36.6 Å². The van der Waals surface area contributed by atoms with E-state index in [9.17, 15) is 0 Å². The van der Waals surface area contributed by atoms with Crippen LogP contribution in [0.25, 0.3) is 11.1 Å². The summed E-state index contributed by atoms with van der Waals surface area (Å²) in [6, 6.07) is 10.7. The zero-order valence-corrected chi connectivity index (χ0v) is 14.4. The fourth-order valence-corrected chi connectivity index (χ4v) is 3.17. The van der Waals surface area contributed by atoms with Gasteiger partial charge in [-0.25, -0.2) is 4.98 Å². The Kier molecular flexibility index (Phi) is 3.86. The van der Waals surface area contributed by atoms with Gasteiger partial charge in [-0.1, -0.05) is 6.07 Å². The molecule has 2 aliphatic rings. The van der Waals surface area contributed by atoms with Crippen molar-refractivity contribution in [1.82, 2.24) is 9.97 Å². The zero-order valence-electron chi connectivity index (χ0n) is 14.4. The quantitative estimate of drug-likeness (QED) is 0.730. The van der Waals surface area contributed by atoms with Crippen molar-refractivity contribution in [2.75, 3.05) is 41.8 Å². The minimum absolute atomic E-state index is 0.496. The average molecular weight is 351 g/mol. The fourth-order valence-electron chi connectivity index (χ4n) is 3.17. The van der Waals surface area contributed by atoms with E-state index in [2.05, 4.69) is 37.6 Å². The number of furan rings is 1. The van der Waals surface area contributed by atoms with E-state index >= 15 is 0 Å². The molecular weight excluding hydrogens is 330 g/mol. The van der Waals surface area contributed by atoms with Gasteiger partial charge in [0.25, 0.3) is 0 Å². The van der Waals surface area contributed by atoms with Gasteiger partial charge >= 0.3 is 0 Å². The van der Waals surface area contributed by atoms with E-state index in [1.807, 2.05) is 18.2 Å². The van der Waals surface area contributed by atoms with Crippen LogP contribution in [-0.4, -0.2) is 42.3 Å². The van der Waals surface area contributed by atoms with Crippen LogP contribution in [0, 0.1) is 0 Å². The van der Waals surface area contributed by atoms with E-state index < -0.39 is 0 Å². The summed E-state index contributed by atoms with van der Waals surface area (Å²) in [5.74, 6) is 1.33. The fraction of sp³-hybridized carbons (Fsp3) is 0.368. The SMILES string of the molecule is c1cc(Nc2nc(NC3CC3)c3occc3n2)cc(N2CCOCC2)c1. The summed E-state index contributed by atoms with van der Waals surface area (Å²) in [5, 5.41) is 6.76. The molecular formula is C19H21N5O2. The maximum Gasteiger partial charge on any atom is 0.229 e. The molecule has 2 fully saturated rings. The van der Waals surface area contributed by atoms with Crippen LogP contribution in [0.5, 0.6) is 0 Å². The Hall–Kier alpha value is -2.80. The Bertz CT molecular complexity index is 915. The van der Waals surface area contributed by atoms with Crippen molar-refractivity contribution < 1.29 is 9.15 Å². The normalized spacial score (nSPS) is 17.5. The first-order valence-corrected chi connectivity index (χ1v) is 9.07. The lowest BCUT2D eigenvalue weighted by atomic mass is 10.2. The second-order valence-corrected chi connectivity index (χ2v) is 6.72. The molecule has 3 heterocycles. The summed E-state index contributed by atoms with van der Waals surface area (Å²) in [7, 11) is 0. The van der Waals surface area contributed by atoms with Gasteiger partial charge in [-0.05, 0) is 31.0 Å². The summed E-state index contributed by atoms with van der Waals surface area (Å²) in [4.78, 5) is 11.5. The molecule has 26 heavy (non-hydrogen) atoms. The number of hydrogen-bond donors (Lipinski definition) is 2. The molecule has 1 saturated heterocycles. The third-order valence-corrected chi connectivity index (χ3v) is 4.70. The second-order valence-electron chi connectivity index (χ2n) is 6.72. The predicted molar refractivity (Wildman–Crippen MR) is 101 cm³/mol. The monoisotopic (exact) mass is 351 g/mol.